The van der Waals surface area contributed by atoms with E-state index >= 15 is 0 Å². The fourth-order valence-corrected chi connectivity index (χ4v) is 5.22. The van der Waals surface area contributed by atoms with Crippen molar-refractivity contribution in [2.24, 2.45) is 5.92 Å². The summed E-state index contributed by atoms with van der Waals surface area (Å²) in [7, 11) is 0. The topological polar surface area (TPSA) is 23.5 Å². The van der Waals surface area contributed by atoms with Crippen LogP contribution in [0.3, 0.4) is 0 Å². The summed E-state index contributed by atoms with van der Waals surface area (Å²) in [4.78, 5) is 2.64. The third kappa shape index (κ3) is 2.28. The Bertz CT molecular complexity index is 547. The zero-order valence-corrected chi connectivity index (χ0v) is 14.0. The predicted molar refractivity (Wildman–Crippen MR) is 92.4 cm³/mol. The maximum absolute atomic E-state index is 10.0. The number of benzene rings is 1. The first-order chi connectivity index (χ1) is 10.7. The van der Waals surface area contributed by atoms with Crippen LogP contribution in [0.5, 0.6) is 5.75 Å². The van der Waals surface area contributed by atoms with E-state index in [0.29, 0.717) is 17.7 Å². The molecule has 2 atom stereocenters. The summed E-state index contributed by atoms with van der Waals surface area (Å²) >= 11 is 0. The monoisotopic (exact) mass is 299 g/mol. The standard InChI is InChI=1S/C20H29NO/c1-4-11-21-12-7-8-17-19(21)13-15-9-10-16(22)14-18(15)20(17,5-2)6-3/h4,9-10,14,17,19,22H,1,5-8,11-13H2,2-3H3/t17-,19-/m1/s1. The molecule has 1 N–H and O–H groups in total. The minimum atomic E-state index is 0.219. The summed E-state index contributed by atoms with van der Waals surface area (Å²) in [5, 5.41) is 10.0. The van der Waals surface area contributed by atoms with Gasteiger partial charge in [0.2, 0.25) is 0 Å². The minimum absolute atomic E-state index is 0.219. The first-order valence-electron chi connectivity index (χ1n) is 8.83. The van der Waals surface area contributed by atoms with Gasteiger partial charge in [-0.25, -0.2) is 0 Å². The highest BCUT2D eigenvalue weighted by Gasteiger charge is 2.49. The van der Waals surface area contributed by atoms with E-state index < -0.39 is 0 Å². The molecule has 1 aliphatic heterocycles. The molecule has 0 spiro atoms. The van der Waals surface area contributed by atoms with Crippen LogP contribution in [0.15, 0.2) is 30.9 Å². The molecule has 0 radical (unpaired) electrons. The van der Waals surface area contributed by atoms with E-state index in [-0.39, 0.29) is 5.41 Å². The lowest BCUT2D eigenvalue weighted by Gasteiger charge is -2.54. The first kappa shape index (κ1) is 15.6. The normalized spacial score (nSPS) is 27.0. The van der Waals surface area contributed by atoms with E-state index in [1.807, 2.05) is 18.2 Å². The molecular weight excluding hydrogens is 270 g/mol. The van der Waals surface area contributed by atoms with Gasteiger partial charge >= 0.3 is 0 Å². The first-order valence-corrected chi connectivity index (χ1v) is 8.83. The highest BCUT2D eigenvalue weighted by atomic mass is 16.3. The number of hydrogen-bond donors (Lipinski definition) is 1. The summed E-state index contributed by atoms with van der Waals surface area (Å²) in [6, 6.07) is 6.69. The number of rotatable bonds is 4. The lowest BCUT2D eigenvalue weighted by Crippen LogP contribution is -2.56. The largest absolute Gasteiger partial charge is 0.508 e. The van der Waals surface area contributed by atoms with Gasteiger partial charge in [0.1, 0.15) is 5.75 Å². The van der Waals surface area contributed by atoms with Crippen molar-refractivity contribution in [2.45, 2.75) is 57.4 Å². The Balaban J connectivity index is 2.10. The van der Waals surface area contributed by atoms with Gasteiger partial charge < -0.3 is 5.11 Å². The molecule has 22 heavy (non-hydrogen) atoms. The fourth-order valence-electron chi connectivity index (χ4n) is 5.22. The number of phenolic OH excluding ortho intramolecular Hbond substituents is 1. The Hall–Kier alpha value is -1.28. The van der Waals surface area contributed by atoms with Crippen LogP contribution >= 0.6 is 0 Å². The van der Waals surface area contributed by atoms with Crippen LogP contribution in [0.2, 0.25) is 0 Å². The number of fused-ring (bicyclic) bond motifs is 2. The second-order valence-corrected chi connectivity index (χ2v) is 7.01. The van der Waals surface area contributed by atoms with Gasteiger partial charge in [0.05, 0.1) is 0 Å². The van der Waals surface area contributed by atoms with E-state index in [9.17, 15) is 5.11 Å². The molecule has 0 bridgehead atoms. The van der Waals surface area contributed by atoms with Crippen LogP contribution < -0.4 is 0 Å². The van der Waals surface area contributed by atoms with E-state index in [4.69, 9.17) is 0 Å². The summed E-state index contributed by atoms with van der Waals surface area (Å²) in [6.07, 6.45) is 8.08. The van der Waals surface area contributed by atoms with Crippen LogP contribution in [-0.2, 0) is 11.8 Å². The second kappa shape index (κ2) is 6.08. The van der Waals surface area contributed by atoms with Crippen molar-refractivity contribution < 1.29 is 5.11 Å². The van der Waals surface area contributed by atoms with Gasteiger partial charge in [-0.1, -0.05) is 26.0 Å². The van der Waals surface area contributed by atoms with Crippen LogP contribution in [0.25, 0.3) is 0 Å². The van der Waals surface area contributed by atoms with Gasteiger partial charge in [0, 0.05) is 12.6 Å². The highest BCUT2D eigenvalue weighted by molar-refractivity contribution is 5.44. The lowest BCUT2D eigenvalue weighted by molar-refractivity contribution is 0.0354. The van der Waals surface area contributed by atoms with Gasteiger partial charge in [-0.15, -0.1) is 6.58 Å². The average Bonchev–Trinajstić information content (AvgIpc) is 2.54. The van der Waals surface area contributed by atoms with Gasteiger partial charge in [-0.2, -0.15) is 0 Å². The van der Waals surface area contributed by atoms with Crippen molar-refractivity contribution in [3.63, 3.8) is 0 Å². The minimum Gasteiger partial charge on any atom is -0.508 e. The summed E-state index contributed by atoms with van der Waals surface area (Å²) in [5.74, 6) is 1.12. The predicted octanol–water partition coefficient (Wildman–Crippen LogP) is 4.27. The van der Waals surface area contributed by atoms with Crippen molar-refractivity contribution in [3.8, 4) is 5.75 Å². The molecule has 1 aliphatic carbocycles. The van der Waals surface area contributed by atoms with Crippen LogP contribution in [0.4, 0.5) is 0 Å². The number of likely N-dealkylation sites (tertiary alicyclic amines) is 1. The Morgan fingerprint density at radius 1 is 1.36 bits per heavy atom. The van der Waals surface area contributed by atoms with Gasteiger partial charge in [0.15, 0.2) is 0 Å². The molecule has 1 fully saturated rings. The van der Waals surface area contributed by atoms with Crippen LogP contribution in [0.1, 0.15) is 50.7 Å². The Kier molecular flexibility index (Phi) is 4.31. The molecule has 120 valence electrons. The van der Waals surface area contributed by atoms with Crippen LogP contribution in [0, 0.1) is 5.92 Å². The molecular formula is C20H29NO. The van der Waals surface area contributed by atoms with Crippen molar-refractivity contribution in [1.29, 1.82) is 0 Å². The SMILES string of the molecule is C=CCN1CCC[C@@H]2[C@H]1Cc1ccc(O)cc1C2(CC)CC. The summed E-state index contributed by atoms with van der Waals surface area (Å²) < 4.78 is 0. The average molecular weight is 299 g/mol. The van der Waals surface area contributed by atoms with E-state index in [0.717, 1.165) is 25.8 Å². The van der Waals surface area contributed by atoms with Crippen molar-refractivity contribution >= 4 is 0 Å². The van der Waals surface area contributed by atoms with E-state index in [2.05, 4.69) is 31.4 Å². The highest BCUT2D eigenvalue weighted by Crippen LogP contribution is 2.51. The van der Waals surface area contributed by atoms with Gasteiger partial charge in [-0.3, -0.25) is 4.90 Å². The number of nitrogens with zero attached hydrogens (tertiary/aromatic N) is 1. The smallest absolute Gasteiger partial charge is 0.115 e. The molecule has 1 saturated heterocycles. The quantitative estimate of drug-likeness (QED) is 0.839. The molecule has 0 saturated carbocycles. The number of aromatic hydroxyl groups is 1. The van der Waals surface area contributed by atoms with Crippen LogP contribution in [-0.4, -0.2) is 29.1 Å². The molecule has 1 aromatic carbocycles. The maximum Gasteiger partial charge on any atom is 0.115 e. The molecule has 1 heterocycles. The second-order valence-electron chi connectivity index (χ2n) is 7.01. The van der Waals surface area contributed by atoms with Crippen molar-refractivity contribution in [2.75, 3.05) is 13.1 Å². The summed E-state index contributed by atoms with van der Waals surface area (Å²) in [6.45, 7) is 10.8. The lowest BCUT2D eigenvalue weighted by atomic mass is 9.56. The molecule has 2 heteroatoms. The zero-order chi connectivity index (χ0) is 15.7. The molecule has 2 aliphatic rings. The maximum atomic E-state index is 10.0. The van der Waals surface area contributed by atoms with Gasteiger partial charge in [0.25, 0.3) is 0 Å². The number of phenols is 1. The molecule has 2 nitrogen and oxygen atoms in total. The fraction of sp³-hybridized carbons (Fsp3) is 0.600. The van der Waals surface area contributed by atoms with Crippen molar-refractivity contribution in [1.82, 2.24) is 4.90 Å². The Morgan fingerprint density at radius 3 is 2.82 bits per heavy atom. The molecule has 3 rings (SSSR count). The zero-order valence-electron chi connectivity index (χ0n) is 14.0. The van der Waals surface area contributed by atoms with E-state index in [1.54, 1.807) is 0 Å². The molecule has 0 amide bonds. The molecule has 1 aromatic rings. The Labute approximate surface area is 134 Å². The Morgan fingerprint density at radius 2 is 2.14 bits per heavy atom. The molecule has 0 aromatic heterocycles. The number of piperidine rings is 1. The van der Waals surface area contributed by atoms with Gasteiger partial charge in [-0.05, 0) is 73.2 Å². The third-order valence-electron chi connectivity index (χ3n) is 6.29. The van der Waals surface area contributed by atoms with Crippen molar-refractivity contribution in [3.05, 3.63) is 42.0 Å². The third-order valence-corrected chi connectivity index (χ3v) is 6.29. The molecule has 0 unspecified atom stereocenters. The van der Waals surface area contributed by atoms with E-state index in [1.165, 1.54) is 30.5 Å². The summed E-state index contributed by atoms with van der Waals surface area (Å²) in [5.41, 5.74) is 3.08. The number of hydrogen-bond acceptors (Lipinski definition) is 2.